The quantitative estimate of drug-likeness (QED) is 0.352. The molecular weight excluding hydrogens is 447 g/mol. The third-order valence-electron chi connectivity index (χ3n) is 5.99. The first-order chi connectivity index (χ1) is 17.0. The van der Waals surface area contributed by atoms with Gasteiger partial charge in [-0.3, -0.25) is 4.79 Å². The molecule has 4 aromatic rings. The molecule has 3 N–H and O–H groups in total. The summed E-state index contributed by atoms with van der Waals surface area (Å²) < 4.78 is 17.5. The minimum Gasteiger partial charge on any atom is -0.367 e. The molecular formula is C25H27FN8O. The molecule has 0 amide bonds. The first kappa shape index (κ1) is 22.7. The van der Waals surface area contributed by atoms with Gasteiger partial charge in [-0.1, -0.05) is 18.2 Å². The molecule has 0 radical (unpaired) electrons. The molecule has 0 atom stereocenters. The number of benzene rings is 1. The van der Waals surface area contributed by atoms with Crippen LogP contribution in [-0.2, 0) is 6.54 Å². The number of hydrogen-bond acceptors (Lipinski definition) is 7. The molecule has 180 valence electrons. The van der Waals surface area contributed by atoms with Crippen molar-refractivity contribution in [2.75, 3.05) is 23.7 Å². The van der Waals surface area contributed by atoms with E-state index < -0.39 is 5.82 Å². The van der Waals surface area contributed by atoms with Crippen LogP contribution in [0.2, 0.25) is 0 Å². The minimum absolute atomic E-state index is 0.176. The van der Waals surface area contributed by atoms with E-state index in [9.17, 15) is 9.18 Å². The van der Waals surface area contributed by atoms with Crippen molar-refractivity contribution in [1.29, 1.82) is 0 Å². The van der Waals surface area contributed by atoms with E-state index in [4.69, 9.17) is 4.98 Å². The van der Waals surface area contributed by atoms with Crippen molar-refractivity contribution >= 4 is 28.5 Å². The van der Waals surface area contributed by atoms with Gasteiger partial charge in [-0.15, -0.1) is 6.58 Å². The highest BCUT2D eigenvalue weighted by atomic mass is 19.1. The number of hydrogen-bond donors (Lipinski definition) is 3. The van der Waals surface area contributed by atoms with Gasteiger partial charge in [0.2, 0.25) is 5.95 Å². The highest BCUT2D eigenvalue weighted by Gasteiger charge is 2.19. The fourth-order valence-electron chi connectivity index (χ4n) is 4.26. The molecule has 9 nitrogen and oxygen atoms in total. The fraction of sp³-hybridized carbons (Fsp3) is 0.280. The Hall–Kier alpha value is -4.05. The lowest BCUT2D eigenvalue weighted by Crippen LogP contribution is -2.35. The highest BCUT2D eigenvalue weighted by Crippen LogP contribution is 2.22. The van der Waals surface area contributed by atoms with Crippen LogP contribution >= 0.6 is 0 Å². The van der Waals surface area contributed by atoms with E-state index in [0.717, 1.165) is 37.3 Å². The smallest absolute Gasteiger partial charge is 0.278 e. The lowest BCUT2D eigenvalue weighted by atomic mass is 10.1. The van der Waals surface area contributed by atoms with Gasteiger partial charge in [0.25, 0.3) is 5.56 Å². The number of fused-ring (bicyclic) bond motifs is 1. The molecule has 35 heavy (non-hydrogen) atoms. The second kappa shape index (κ2) is 9.67. The standard InChI is InChI=1S/C25H27FN8O/c1-3-13-33-24(35)18-15-28-25(30-20-14-16(2)7-8-19(20)26)32-23(18)34(33)22-6-4-5-21(31-22)29-17-9-11-27-12-10-17/h3-8,14-15,17,27H,1,9-13H2,2H3,(H,29,31)(H,28,30,32). The lowest BCUT2D eigenvalue weighted by Gasteiger charge is -2.24. The zero-order valence-electron chi connectivity index (χ0n) is 19.5. The number of piperidine rings is 1. The Morgan fingerprint density at radius 3 is 2.86 bits per heavy atom. The first-order valence-electron chi connectivity index (χ1n) is 11.6. The summed E-state index contributed by atoms with van der Waals surface area (Å²) in [6.45, 7) is 7.85. The van der Waals surface area contributed by atoms with Crippen LogP contribution in [0.15, 0.2) is 60.0 Å². The molecule has 3 aromatic heterocycles. The van der Waals surface area contributed by atoms with Crippen LogP contribution in [0.25, 0.3) is 16.9 Å². The average molecular weight is 475 g/mol. The third-order valence-corrected chi connectivity index (χ3v) is 5.99. The molecule has 4 heterocycles. The summed E-state index contributed by atoms with van der Waals surface area (Å²) in [4.78, 5) is 26.8. The monoisotopic (exact) mass is 474 g/mol. The van der Waals surface area contributed by atoms with E-state index >= 15 is 0 Å². The average Bonchev–Trinajstić information content (AvgIpc) is 3.13. The number of allylic oxidation sites excluding steroid dienone is 1. The maximum Gasteiger partial charge on any atom is 0.278 e. The molecule has 10 heteroatoms. The summed E-state index contributed by atoms with van der Waals surface area (Å²) in [7, 11) is 0. The maximum atomic E-state index is 14.3. The number of halogens is 1. The molecule has 1 saturated heterocycles. The van der Waals surface area contributed by atoms with E-state index in [-0.39, 0.29) is 23.7 Å². The summed E-state index contributed by atoms with van der Waals surface area (Å²) in [6.07, 6.45) is 5.12. The zero-order chi connectivity index (χ0) is 24.4. The highest BCUT2D eigenvalue weighted by molar-refractivity contribution is 5.77. The van der Waals surface area contributed by atoms with Gasteiger partial charge in [0.15, 0.2) is 11.5 Å². The van der Waals surface area contributed by atoms with Crippen LogP contribution in [0.5, 0.6) is 0 Å². The summed E-state index contributed by atoms with van der Waals surface area (Å²) in [6, 6.07) is 10.7. The number of aromatic nitrogens is 5. The molecule has 0 spiro atoms. The van der Waals surface area contributed by atoms with Crippen LogP contribution in [0, 0.1) is 12.7 Å². The van der Waals surface area contributed by atoms with Gasteiger partial charge in [-0.05, 0) is 62.7 Å². The topological polar surface area (TPSA) is 102 Å². The van der Waals surface area contributed by atoms with Crippen molar-refractivity contribution in [3.05, 3.63) is 77.0 Å². The van der Waals surface area contributed by atoms with Crippen molar-refractivity contribution in [2.24, 2.45) is 0 Å². The van der Waals surface area contributed by atoms with Crippen LogP contribution in [0.1, 0.15) is 18.4 Å². The van der Waals surface area contributed by atoms with Crippen molar-refractivity contribution in [1.82, 2.24) is 29.6 Å². The fourth-order valence-corrected chi connectivity index (χ4v) is 4.26. The van der Waals surface area contributed by atoms with Gasteiger partial charge in [0, 0.05) is 12.2 Å². The van der Waals surface area contributed by atoms with Gasteiger partial charge in [0.05, 0.1) is 12.2 Å². The third kappa shape index (κ3) is 4.65. The predicted molar refractivity (Wildman–Crippen MR) is 135 cm³/mol. The Balaban J connectivity index is 1.58. The van der Waals surface area contributed by atoms with Gasteiger partial charge >= 0.3 is 0 Å². The van der Waals surface area contributed by atoms with Crippen LogP contribution < -0.4 is 21.5 Å². The van der Waals surface area contributed by atoms with Crippen molar-refractivity contribution in [2.45, 2.75) is 32.4 Å². The molecule has 1 aliphatic heterocycles. The number of anilines is 3. The summed E-state index contributed by atoms with van der Waals surface area (Å²) in [5, 5.41) is 10.1. The van der Waals surface area contributed by atoms with Gasteiger partial charge in [-0.2, -0.15) is 4.98 Å². The Bertz CT molecular complexity index is 1440. The van der Waals surface area contributed by atoms with Crippen molar-refractivity contribution < 1.29 is 4.39 Å². The Morgan fingerprint density at radius 1 is 1.23 bits per heavy atom. The number of nitrogens with zero attached hydrogens (tertiary/aromatic N) is 5. The largest absolute Gasteiger partial charge is 0.367 e. The summed E-state index contributed by atoms with van der Waals surface area (Å²) >= 11 is 0. The number of pyridine rings is 1. The molecule has 1 aromatic carbocycles. The molecule has 5 rings (SSSR count). The Kier molecular flexibility index (Phi) is 6.28. The number of nitrogens with one attached hydrogen (secondary N) is 3. The second-order valence-electron chi connectivity index (χ2n) is 8.58. The van der Waals surface area contributed by atoms with Crippen LogP contribution in [0.3, 0.4) is 0 Å². The van der Waals surface area contributed by atoms with Crippen molar-refractivity contribution in [3.63, 3.8) is 0 Å². The van der Waals surface area contributed by atoms with Crippen molar-refractivity contribution in [3.8, 4) is 5.82 Å². The van der Waals surface area contributed by atoms with Crippen LogP contribution in [0.4, 0.5) is 21.8 Å². The number of rotatable bonds is 7. The molecule has 0 saturated carbocycles. The number of aryl methyl sites for hydroxylation is 1. The predicted octanol–water partition coefficient (Wildman–Crippen LogP) is 3.52. The molecule has 0 unspecified atom stereocenters. The van der Waals surface area contributed by atoms with E-state index in [1.807, 2.05) is 25.1 Å². The Labute approximate surface area is 201 Å². The van der Waals surface area contributed by atoms with E-state index in [1.165, 1.54) is 16.9 Å². The molecule has 1 fully saturated rings. The van der Waals surface area contributed by atoms with E-state index in [1.54, 1.807) is 22.9 Å². The minimum atomic E-state index is -0.417. The van der Waals surface area contributed by atoms with E-state index in [2.05, 4.69) is 32.5 Å². The summed E-state index contributed by atoms with van der Waals surface area (Å²) in [5.74, 6) is 1.02. The van der Waals surface area contributed by atoms with Gasteiger partial charge in [0.1, 0.15) is 17.0 Å². The van der Waals surface area contributed by atoms with Crippen LogP contribution in [-0.4, -0.2) is 43.4 Å². The van der Waals surface area contributed by atoms with Gasteiger partial charge in [-0.25, -0.2) is 23.7 Å². The molecule has 1 aliphatic rings. The maximum absolute atomic E-state index is 14.3. The summed E-state index contributed by atoms with van der Waals surface area (Å²) in [5.41, 5.74) is 1.27. The van der Waals surface area contributed by atoms with Gasteiger partial charge < -0.3 is 16.0 Å². The Morgan fingerprint density at radius 2 is 2.06 bits per heavy atom. The van der Waals surface area contributed by atoms with E-state index in [0.29, 0.717) is 22.9 Å². The zero-order valence-corrected chi connectivity index (χ0v) is 19.5. The SMILES string of the molecule is C=CCn1c(=O)c2cnc(Nc3cc(C)ccc3F)nc2n1-c1cccc(NC2CCNCC2)n1. The second-order valence-corrected chi connectivity index (χ2v) is 8.58. The normalized spacial score (nSPS) is 14.2. The molecule has 0 aliphatic carbocycles. The lowest BCUT2D eigenvalue weighted by molar-refractivity contribution is 0.478. The first-order valence-corrected chi connectivity index (χ1v) is 11.6. The molecule has 0 bridgehead atoms.